The Labute approximate surface area is 150 Å². The smallest absolute Gasteiger partial charge is 0.322 e. The Kier molecular flexibility index (Phi) is 4.84. The van der Waals surface area contributed by atoms with Crippen molar-refractivity contribution in [2.75, 3.05) is 6.54 Å². The second kappa shape index (κ2) is 7.24. The second-order valence-corrected chi connectivity index (χ2v) is 5.47. The fourth-order valence-corrected chi connectivity index (χ4v) is 2.31. The molecule has 3 rings (SSSR count). The number of rotatable bonds is 5. The number of carboxylic acid groups (broad SMARTS) is 1. The molecular weight excluding hydrogens is 362 g/mol. The highest BCUT2D eigenvalue weighted by Crippen LogP contribution is 2.30. The van der Waals surface area contributed by atoms with Crippen molar-refractivity contribution in [3.8, 4) is 17.4 Å². The molecule has 27 heavy (non-hydrogen) atoms. The maximum Gasteiger partial charge on any atom is 0.322 e. The molecule has 0 unspecified atom stereocenters. The number of hydrogen-bond acceptors (Lipinski definition) is 5. The molecule has 0 fully saturated rings. The molecule has 0 atom stereocenters. The Morgan fingerprint density at radius 1 is 1.04 bits per heavy atom. The van der Waals surface area contributed by atoms with Gasteiger partial charge in [-0.25, -0.2) is 13.8 Å². The number of carbonyl (C=O) groups is 2. The minimum Gasteiger partial charge on any atom is -0.493 e. The van der Waals surface area contributed by atoms with Crippen LogP contribution in [0.25, 0.3) is 10.8 Å². The minimum atomic E-state index is -1.22. The van der Waals surface area contributed by atoms with E-state index in [0.717, 1.165) is 12.1 Å². The topological polar surface area (TPSA) is 109 Å². The van der Waals surface area contributed by atoms with E-state index in [1.807, 2.05) is 0 Å². The zero-order valence-corrected chi connectivity index (χ0v) is 13.6. The van der Waals surface area contributed by atoms with Crippen molar-refractivity contribution in [1.82, 2.24) is 10.3 Å². The van der Waals surface area contributed by atoms with Crippen molar-refractivity contribution in [2.45, 2.75) is 0 Å². The maximum atomic E-state index is 13.3. The van der Waals surface area contributed by atoms with E-state index >= 15 is 0 Å². The summed E-state index contributed by atoms with van der Waals surface area (Å²) in [5.41, 5.74) is -0.157. The highest BCUT2D eigenvalue weighted by atomic mass is 19.2. The number of halogens is 2. The Morgan fingerprint density at radius 2 is 1.74 bits per heavy atom. The lowest BCUT2D eigenvalue weighted by molar-refractivity contribution is -0.135. The minimum absolute atomic E-state index is 0.0605. The number of aliphatic carboxylic acids is 1. The highest BCUT2D eigenvalue weighted by Gasteiger charge is 2.14. The molecule has 0 saturated carbocycles. The van der Waals surface area contributed by atoms with Gasteiger partial charge in [-0.05, 0) is 35.7 Å². The molecule has 1 amide bonds. The predicted molar refractivity (Wildman–Crippen MR) is 89.8 cm³/mol. The molecule has 0 aliphatic rings. The van der Waals surface area contributed by atoms with Crippen molar-refractivity contribution < 1.29 is 33.3 Å². The van der Waals surface area contributed by atoms with Gasteiger partial charge in [-0.2, -0.15) is 0 Å². The van der Waals surface area contributed by atoms with E-state index < -0.39 is 35.9 Å². The van der Waals surface area contributed by atoms with Gasteiger partial charge in [0.2, 0.25) is 5.88 Å². The molecule has 138 valence electrons. The largest absolute Gasteiger partial charge is 0.493 e. The van der Waals surface area contributed by atoms with E-state index in [4.69, 9.17) is 9.84 Å². The Balaban J connectivity index is 1.88. The van der Waals surface area contributed by atoms with Gasteiger partial charge in [0.05, 0.1) is 0 Å². The van der Waals surface area contributed by atoms with Gasteiger partial charge in [0.15, 0.2) is 11.6 Å². The van der Waals surface area contributed by atoms with E-state index in [9.17, 15) is 23.5 Å². The summed E-state index contributed by atoms with van der Waals surface area (Å²) in [7, 11) is 0. The van der Waals surface area contributed by atoms with Gasteiger partial charge in [-0.1, -0.05) is 6.07 Å². The van der Waals surface area contributed by atoms with Crippen LogP contribution in [-0.4, -0.2) is 33.6 Å². The number of benzene rings is 2. The molecular formula is C18H12F2N2O5. The van der Waals surface area contributed by atoms with Crippen molar-refractivity contribution in [3.63, 3.8) is 0 Å². The molecule has 3 N–H and O–H groups in total. The van der Waals surface area contributed by atoms with Crippen LogP contribution >= 0.6 is 0 Å². The molecule has 1 heterocycles. The molecule has 0 spiro atoms. The molecule has 7 nitrogen and oxygen atoms in total. The third kappa shape index (κ3) is 4.09. The van der Waals surface area contributed by atoms with Crippen LogP contribution in [0.3, 0.4) is 0 Å². The monoisotopic (exact) mass is 374 g/mol. The van der Waals surface area contributed by atoms with Gasteiger partial charge >= 0.3 is 5.97 Å². The van der Waals surface area contributed by atoms with Crippen LogP contribution in [0.5, 0.6) is 17.4 Å². The fraction of sp³-hybridized carbons (Fsp3) is 0.0556. The number of hydrogen-bond donors (Lipinski definition) is 3. The van der Waals surface area contributed by atoms with Crippen LogP contribution in [0, 0.1) is 11.6 Å². The van der Waals surface area contributed by atoms with Gasteiger partial charge < -0.3 is 20.3 Å². The van der Waals surface area contributed by atoms with Crippen LogP contribution in [0.1, 0.15) is 10.5 Å². The highest BCUT2D eigenvalue weighted by molar-refractivity contribution is 5.99. The van der Waals surface area contributed by atoms with Crippen molar-refractivity contribution in [1.29, 1.82) is 0 Å². The second-order valence-electron chi connectivity index (χ2n) is 5.47. The number of fused-ring (bicyclic) bond motifs is 1. The molecule has 0 aliphatic heterocycles. The standard InChI is InChI=1S/C18H12F2N2O5/c19-13-4-3-11(7-14(13)20)27-10-2-1-9-5-15(18(26)21-8-16(23)24)22-17(25)12(9)6-10/h1-7H,8H2,(H,21,26)(H,22,25)(H,23,24). The summed E-state index contributed by atoms with van der Waals surface area (Å²) in [6.07, 6.45) is 0. The molecule has 1 aromatic heterocycles. The van der Waals surface area contributed by atoms with E-state index in [-0.39, 0.29) is 22.6 Å². The summed E-state index contributed by atoms with van der Waals surface area (Å²) < 4.78 is 31.6. The molecule has 3 aromatic rings. The average molecular weight is 374 g/mol. The molecule has 0 radical (unpaired) electrons. The quantitative estimate of drug-likeness (QED) is 0.634. The Hall–Kier alpha value is -3.75. The van der Waals surface area contributed by atoms with Crippen LogP contribution < -0.4 is 10.1 Å². The van der Waals surface area contributed by atoms with Crippen molar-refractivity contribution in [3.05, 3.63) is 59.8 Å². The molecule has 2 aromatic carbocycles. The predicted octanol–water partition coefficient (Wildman–Crippen LogP) is 2.83. The lowest BCUT2D eigenvalue weighted by Crippen LogP contribution is -2.29. The summed E-state index contributed by atoms with van der Waals surface area (Å²) in [5.74, 6) is -4.21. The zero-order valence-electron chi connectivity index (χ0n) is 13.6. The third-order valence-corrected chi connectivity index (χ3v) is 3.54. The molecule has 0 saturated heterocycles. The van der Waals surface area contributed by atoms with E-state index in [1.54, 1.807) is 0 Å². The third-order valence-electron chi connectivity index (χ3n) is 3.54. The van der Waals surface area contributed by atoms with Gasteiger partial charge in [-0.15, -0.1) is 0 Å². The van der Waals surface area contributed by atoms with Gasteiger partial charge in [0.25, 0.3) is 5.91 Å². The zero-order chi connectivity index (χ0) is 19.6. The van der Waals surface area contributed by atoms with Gasteiger partial charge in [-0.3, -0.25) is 9.59 Å². The molecule has 9 heteroatoms. The summed E-state index contributed by atoms with van der Waals surface area (Å²) >= 11 is 0. The summed E-state index contributed by atoms with van der Waals surface area (Å²) in [4.78, 5) is 26.1. The fourth-order valence-electron chi connectivity index (χ4n) is 2.31. The Morgan fingerprint density at radius 3 is 2.44 bits per heavy atom. The number of nitrogens with zero attached hydrogens (tertiary/aromatic N) is 1. The number of nitrogens with one attached hydrogen (secondary N) is 1. The van der Waals surface area contributed by atoms with Gasteiger partial charge in [0, 0.05) is 11.5 Å². The number of aromatic hydroxyl groups is 1. The van der Waals surface area contributed by atoms with Crippen molar-refractivity contribution in [2.24, 2.45) is 0 Å². The Bertz CT molecular complexity index is 1060. The number of carbonyl (C=O) groups excluding carboxylic acids is 1. The summed E-state index contributed by atoms with van der Waals surface area (Å²) in [5, 5.41) is 21.5. The lowest BCUT2D eigenvalue weighted by Gasteiger charge is -2.09. The van der Waals surface area contributed by atoms with Crippen LogP contribution in [0.2, 0.25) is 0 Å². The number of amides is 1. The van der Waals surface area contributed by atoms with E-state index in [0.29, 0.717) is 5.39 Å². The SMILES string of the molecule is O=C(O)CNC(=O)c1cc2ccc(Oc3ccc(F)c(F)c3)cc2c(O)n1. The first kappa shape index (κ1) is 18.1. The number of carboxylic acids is 1. The van der Waals surface area contributed by atoms with Crippen LogP contribution in [0.15, 0.2) is 42.5 Å². The van der Waals surface area contributed by atoms with Crippen molar-refractivity contribution >= 4 is 22.6 Å². The van der Waals surface area contributed by atoms with Gasteiger partial charge in [0.1, 0.15) is 23.7 Å². The number of pyridine rings is 1. The van der Waals surface area contributed by atoms with Crippen LogP contribution in [-0.2, 0) is 4.79 Å². The summed E-state index contributed by atoms with van der Waals surface area (Å²) in [6.45, 7) is -0.583. The lowest BCUT2D eigenvalue weighted by atomic mass is 10.1. The molecule has 0 aliphatic carbocycles. The first-order valence-corrected chi connectivity index (χ1v) is 7.60. The first-order valence-electron chi connectivity index (χ1n) is 7.60. The van der Waals surface area contributed by atoms with E-state index in [2.05, 4.69) is 10.3 Å². The first-order chi connectivity index (χ1) is 12.8. The normalized spacial score (nSPS) is 10.6. The van der Waals surface area contributed by atoms with Crippen LogP contribution in [0.4, 0.5) is 8.78 Å². The molecule has 0 bridgehead atoms. The number of aromatic nitrogens is 1. The number of ether oxygens (including phenoxy) is 1. The summed E-state index contributed by atoms with van der Waals surface area (Å²) in [6, 6.07) is 8.87. The van der Waals surface area contributed by atoms with E-state index in [1.165, 1.54) is 30.3 Å². The average Bonchev–Trinajstić information content (AvgIpc) is 2.63. The maximum absolute atomic E-state index is 13.3.